The van der Waals surface area contributed by atoms with E-state index in [1.54, 1.807) is 0 Å². The van der Waals surface area contributed by atoms with E-state index in [-0.39, 0.29) is 18.1 Å². The van der Waals surface area contributed by atoms with Gasteiger partial charge >= 0.3 is 5.97 Å². The first-order valence-corrected chi connectivity index (χ1v) is 8.80. The summed E-state index contributed by atoms with van der Waals surface area (Å²) in [6.07, 6.45) is 10.3. The minimum Gasteiger partial charge on any atom is -0.481 e. The van der Waals surface area contributed by atoms with Crippen LogP contribution in [0.2, 0.25) is 0 Å². The molecule has 0 bridgehead atoms. The highest BCUT2D eigenvalue weighted by Gasteiger charge is 2.29. The number of hydrogen-bond acceptors (Lipinski definition) is 3. The summed E-state index contributed by atoms with van der Waals surface area (Å²) in [5, 5.41) is 12.4. The van der Waals surface area contributed by atoms with Crippen molar-refractivity contribution in [2.24, 2.45) is 5.92 Å². The van der Waals surface area contributed by atoms with E-state index < -0.39 is 11.9 Å². The smallest absolute Gasteiger partial charge is 0.308 e. The normalized spacial score (nSPS) is 30.1. The van der Waals surface area contributed by atoms with Crippen molar-refractivity contribution in [3.05, 3.63) is 0 Å². The minimum absolute atomic E-state index is 0.0222. The molecule has 1 saturated heterocycles. The zero-order valence-electron chi connectivity index (χ0n) is 13.4. The van der Waals surface area contributed by atoms with E-state index in [0.29, 0.717) is 12.8 Å². The molecule has 5 nitrogen and oxygen atoms in total. The standard InChI is InChI=1S/C17H29NO4/c19-16(11-10-13-7-5-6-12-22-13)18-15-9-4-2-1-3-8-14(15)17(20)21/h13-15H,1-12H2,(H,18,19)(H,20,21). The summed E-state index contributed by atoms with van der Waals surface area (Å²) in [5.41, 5.74) is 0. The summed E-state index contributed by atoms with van der Waals surface area (Å²) < 4.78 is 5.64. The highest BCUT2D eigenvalue weighted by Crippen LogP contribution is 2.24. The van der Waals surface area contributed by atoms with Crippen LogP contribution in [0.5, 0.6) is 0 Å². The van der Waals surface area contributed by atoms with Gasteiger partial charge in [0.05, 0.1) is 12.0 Å². The lowest BCUT2D eigenvalue weighted by Gasteiger charge is -2.28. The zero-order valence-corrected chi connectivity index (χ0v) is 13.4. The number of aliphatic carboxylic acids is 1. The lowest BCUT2D eigenvalue weighted by Crippen LogP contribution is -2.44. The number of carbonyl (C=O) groups excluding carboxylic acids is 1. The summed E-state index contributed by atoms with van der Waals surface area (Å²) in [6.45, 7) is 0.802. The van der Waals surface area contributed by atoms with Gasteiger partial charge in [0.1, 0.15) is 0 Å². The molecule has 1 heterocycles. The van der Waals surface area contributed by atoms with Crippen LogP contribution in [0.25, 0.3) is 0 Å². The second-order valence-electron chi connectivity index (χ2n) is 6.64. The molecule has 2 aliphatic rings. The van der Waals surface area contributed by atoms with Crippen molar-refractivity contribution in [2.75, 3.05) is 6.61 Å². The fraction of sp³-hybridized carbons (Fsp3) is 0.882. The molecule has 2 fully saturated rings. The number of nitrogens with one attached hydrogen (secondary N) is 1. The maximum atomic E-state index is 12.2. The van der Waals surface area contributed by atoms with Crippen LogP contribution in [0.15, 0.2) is 0 Å². The highest BCUT2D eigenvalue weighted by molar-refractivity contribution is 5.78. The maximum Gasteiger partial charge on any atom is 0.308 e. The Balaban J connectivity index is 1.79. The Kier molecular flexibility index (Phi) is 7.16. The van der Waals surface area contributed by atoms with Crippen molar-refractivity contribution in [1.82, 2.24) is 5.32 Å². The Morgan fingerprint density at radius 2 is 1.73 bits per heavy atom. The Labute approximate surface area is 132 Å². The van der Waals surface area contributed by atoms with E-state index in [9.17, 15) is 14.7 Å². The summed E-state index contributed by atoms with van der Waals surface area (Å²) in [4.78, 5) is 23.6. The lowest BCUT2D eigenvalue weighted by molar-refractivity contribution is -0.143. The van der Waals surface area contributed by atoms with Gasteiger partial charge in [0, 0.05) is 19.1 Å². The lowest BCUT2D eigenvalue weighted by atomic mass is 9.86. The molecule has 5 heteroatoms. The highest BCUT2D eigenvalue weighted by atomic mass is 16.5. The molecule has 2 N–H and O–H groups in total. The quantitative estimate of drug-likeness (QED) is 0.818. The minimum atomic E-state index is -0.775. The second-order valence-corrected chi connectivity index (χ2v) is 6.64. The third kappa shape index (κ3) is 5.59. The summed E-state index contributed by atoms with van der Waals surface area (Å²) in [5.74, 6) is -1.23. The van der Waals surface area contributed by atoms with Crippen molar-refractivity contribution in [3.63, 3.8) is 0 Å². The van der Waals surface area contributed by atoms with Crippen LogP contribution in [0.4, 0.5) is 0 Å². The van der Waals surface area contributed by atoms with Crippen LogP contribution in [0.1, 0.15) is 70.6 Å². The molecule has 0 aromatic rings. The molecule has 1 aliphatic heterocycles. The number of carbonyl (C=O) groups is 2. The summed E-state index contributed by atoms with van der Waals surface area (Å²) >= 11 is 0. The second kappa shape index (κ2) is 9.13. The van der Waals surface area contributed by atoms with Crippen molar-refractivity contribution >= 4 is 11.9 Å². The third-order valence-corrected chi connectivity index (χ3v) is 4.90. The average Bonchev–Trinajstić information content (AvgIpc) is 2.49. The first kappa shape index (κ1) is 17.3. The van der Waals surface area contributed by atoms with E-state index in [1.165, 1.54) is 6.42 Å². The molecule has 1 amide bonds. The molecule has 1 saturated carbocycles. The number of amides is 1. The molecular weight excluding hydrogens is 282 g/mol. The van der Waals surface area contributed by atoms with Gasteiger partial charge in [-0.3, -0.25) is 9.59 Å². The first-order valence-electron chi connectivity index (χ1n) is 8.80. The van der Waals surface area contributed by atoms with Crippen LogP contribution < -0.4 is 5.32 Å². The van der Waals surface area contributed by atoms with Gasteiger partial charge < -0.3 is 15.2 Å². The van der Waals surface area contributed by atoms with Crippen molar-refractivity contribution < 1.29 is 19.4 Å². The number of ether oxygens (including phenoxy) is 1. The third-order valence-electron chi connectivity index (χ3n) is 4.90. The van der Waals surface area contributed by atoms with E-state index >= 15 is 0 Å². The Hall–Kier alpha value is -1.10. The van der Waals surface area contributed by atoms with E-state index in [2.05, 4.69) is 5.32 Å². The molecule has 0 aromatic heterocycles. The molecule has 1 aliphatic carbocycles. The van der Waals surface area contributed by atoms with Gasteiger partial charge in [-0.15, -0.1) is 0 Å². The number of hydrogen-bond donors (Lipinski definition) is 2. The van der Waals surface area contributed by atoms with E-state index in [1.807, 2.05) is 0 Å². The Morgan fingerprint density at radius 3 is 2.41 bits per heavy atom. The van der Waals surface area contributed by atoms with Crippen LogP contribution in [-0.2, 0) is 14.3 Å². The first-order chi connectivity index (χ1) is 10.7. The topological polar surface area (TPSA) is 75.6 Å². The van der Waals surface area contributed by atoms with Gasteiger partial charge in [0.25, 0.3) is 0 Å². The molecule has 3 unspecified atom stereocenters. The predicted molar refractivity (Wildman–Crippen MR) is 83.6 cm³/mol. The van der Waals surface area contributed by atoms with Gasteiger partial charge in [-0.25, -0.2) is 0 Å². The molecular formula is C17H29NO4. The van der Waals surface area contributed by atoms with Crippen LogP contribution in [0, 0.1) is 5.92 Å². The van der Waals surface area contributed by atoms with Crippen LogP contribution in [0.3, 0.4) is 0 Å². The Bertz CT molecular complexity index is 366. The van der Waals surface area contributed by atoms with Crippen molar-refractivity contribution in [1.29, 1.82) is 0 Å². The monoisotopic (exact) mass is 311 g/mol. The van der Waals surface area contributed by atoms with E-state index in [4.69, 9.17) is 4.74 Å². The molecule has 0 aromatic carbocycles. The zero-order chi connectivity index (χ0) is 15.8. The number of carboxylic acid groups (broad SMARTS) is 1. The van der Waals surface area contributed by atoms with Crippen LogP contribution >= 0.6 is 0 Å². The van der Waals surface area contributed by atoms with Crippen molar-refractivity contribution in [2.45, 2.75) is 82.8 Å². The maximum absolute atomic E-state index is 12.2. The summed E-state index contributed by atoms with van der Waals surface area (Å²) in [7, 11) is 0. The van der Waals surface area contributed by atoms with Gasteiger partial charge in [-0.05, 0) is 38.5 Å². The van der Waals surface area contributed by atoms with E-state index in [0.717, 1.165) is 58.0 Å². The van der Waals surface area contributed by atoms with Crippen molar-refractivity contribution in [3.8, 4) is 0 Å². The average molecular weight is 311 g/mol. The van der Waals surface area contributed by atoms with Gasteiger partial charge in [0.15, 0.2) is 0 Å². The number of carboxylic acids is 1. The fourth-order valence-corrected chi connectivity index (χ4v) is 3.56. The van der Waals surface area contributed by atoms with Crippen LogP contribution in [-0.4, -0.2) is 35.7 Å². The molecule has 3 atom stereocenters. The Morgan fingerprint density at radius 1 is 1.00 bits per heavy atom. The molecule has 0 radical (unpaired) electrons. The number of rotatable bonds is 5. The summed E-state index contributed by atoms with van der Waals surface area (Å²) in [6, 6.07) is -0.211. The van der Waals surface area contributed by atoms with Gasteiger partial charge in [-0.1, -0.05) is 25.7 Å². The van der Waals surface area contributed by atoms with Gasteiger partial charge in [-0.2, -0.15) is 0 Å². The molecule has 22 heavy (non-hydrogen) atoms. The fourth-order valence-electron chi connectivity index (χ4n) is 3.56. The van der Waals surface area contributed by atoms with Gasteiger partial charge in [0.2, 0.25) is 5.91 Å². The molecule has 126 valence electrons. The largest absolute Gasteiger partial charge is 0.481 e. The SMILES string of the molecule is O=C(CCC1CCCCO1)NC1CCCCCCC1C(=O)O. The predicted octanol–water partition coefficient (Wildman–Crippen LogP) is 2.88. The molecule has 0 spiro atoms. The molecule has 2 rings (SSSR count).